The van der Waals surface area contributed by atoms with Gasteiger partial charge in [0, 0.05) is 16.8 Å². The summed E-state index contributed by atoms with van der Waals surface area (Å²) in [5.41, 5.74) is 9.81. The largest absolute Gasteiger partial charge is 0.307 e. The van der Waals surface area contributed by atoms with Crippen molar-refractivity contribution in [3.8, 4) is 0 Å². The van der Waals surface area contributed by atoms with Crippen LogP contribution in [0.2, 0.25) is 19.6 Å². The van der Waals surface area contributed by atoms with Crippen molar-refractivity contribution in [1.82, 2.24) is 4.40 Å². The average molecular weight is 528 g/mol. The van der Waals surface area contributed by atoms with Gasteiger partial charge in [-0.3, -0.25) is 0 Å². The van der Waals surface area contributed by atoms with Gasteiger partial charge < -0.3 is 4.40 Å². The standard InChI is InChI=1S/C36H39N2Si/c1-21-28-18-23(20-36(3,4)5)10-13-26(28)22(2)33-31(21)35-32-24(16-17-37(35)6)11-14-27-29-19-25(39(7,8)9)12-15-30(29)38(33)34(27)32/h10-19H,20H2,1-9H3/q+1. The van der Waals surface area contributed by atoms with E-state index in [2.05, 4.69) is 131 Å². The minimum absolute atomic E-state index is 0.256. The first kappa shape index (κ1) is 24.6. The van der Waals surface area contributed by atoms with Gasteiger partial charge in [-0.1, -0.05) is 88.1 Å². The zero-order chi connectivity index (χ0) is 27.6. The van der Waals surface area contributed by atoms with Gasteiger partial charge >= 0.3 is 0 Å². The molecule has 7 rings (SSSR count). The molecule has 39 heavy (non-hydrogen) atoms. The van der Waals surface area contributed by atoms with Crippen LogP contribution >= 0.6 is 0 Å². The molecule has 0 atom stereocenters. The SMILES string of the molecule is Cc1c2cc(CC(C)(C)C)ccc2c(C)c2c1c1c3c(ccc4c5cc([Si](C)(C)C)ccc5n2c43)cc[n+]1C. The van der Waals surface area contributed by atoms with Crippen LogP contribution in [0.1, 0.15) is 37.5 Å². The second-order valence-electron chi connectivity index (χ2n) is 14.1. The van der Waals surface area contributed by atoms with E-state index in [1.54, 1.807) is 0 Å². The first-order valence-corrected chi connectivity index (χ1v) is 17.8. The lowest BCUT2D eigenvalue weighted by atomic mass is 9.86. The van der Waals surface area contributed by atoms with Crippen LogP contribution in [-0.2, 0) is 13.5 Å². The van der Waals surface area contributed by atoms with E-state index >= 15 is 0 Å². The number of aryl methyl sites for hydroxylation is 3. The van der Waals surface area contributed by atoms with Crippen molar-refractivity contribution in [2.45, 2.75) is 60.7 Å². The van der Waals surface area contributed by atoms with Crippen LogP contribution in [-0.4, -0.2) is 12.5 Å². The van der Waals surface area contributed by atoms with Gasteiger partial charge in [-0.2, -0.15) is 0 Å². The molecule has 7 aromatic rings. The molecule has 3 aromatic heterocycles. The maximum atomic E-state index is 2.61. The van der Waals surface area contributed by atoms with Crippen LogP contribution in [0.25, 0.3) is 59.8 Å². The highest BCUT2D eigenvalue weighted by molar-refractivity contribution is 6.88. The molecule has 0 spiro atoms. The number of rotatable bonds is 2. The number of aromatic nitrogens is 2. The minimum atomic E-state index is -1.45. The van der Waals surface area contributed by atoms with Crippen molar-refractivity contribution in [3.05, 3.63) is 77.5 Å². The van der Waals surface area contributed by atoms with Gasteiger partial charge in [-0.15, -0.1) is 0 Å². The fraction of sp³-hybridized carbons (Fsp3) is 0.306. The van der Waals surface area contributed by atoms with Crippen LogP contribution < -0.4 is 9.75 Å². The monoisotopic (exact) mass is 527 g/mol. The van der Waals surface area contributed by atoms with Gasteiger partial charge in [0.25, 0.3) is 0 Å². The Labute approximate surface area is 232 Å². The van der Waals surface area contributed by atoms with Crippen LogP contribution in [0.4, 0.5) is 0 Å². The molecule has 0 aliphatic heterocycles. The van der Waals surface area contributed by atoms with Gasteiger partial charge in [0.15, 0.2) is 6.20 Å². The molecule has 3 heterocycles. The molecule has 0 saturated carbocycles. The molecule has 0 bridgehead atoms. The number of fused-ring (bicyclic) bond motifs is 7. The summed E-state index contributed by atoms with van der Waals surface area (Å²) < 4.78 is 4.96. The van der Waals surface area contributed by atoms with Crippen molar-refractivity contribution in [1.29, 1.82) is 0 Å². The molecule has 0 amide bonds. The number of hydrogen-bond acceptors (Lipinski definition) is 0. The molecule has 0 unspecified atom stereocenters. The molecule has 0 radical (unpaired) electrons. The zero-order valence-electron chi connectivity index (χ0n) is 24.9. The number of nitrogens with zero attached hydrogens (tertiary/aromatic N) is 2. The van der Waals surface area contributed by atoms with E-state index in [1.165, 1.54) is 81.6 Å². The topological polar surface area (TPSA) is 8.29 Å². The first-order chi connectivity index (χ1) is 18.3. The van der Waals surface area contributed by atoms with E-state index in [0.29, 0.717) is 0 Å². The van der Waals surface area contributed by atoms with Crippen LogP contribution in [0.5, 0.6) is 0 Å². The van der Waals surface area contributed by atoms with Crippen LogP contribution in [0, 0.1) is 19.3 Å². The molecule has 0 aliphatic rings. The third-order valence-electron chi connectivity index (χ3n) is 8.95. The number of pyridine rings is 2. The lowest BCUT2D eigenvalue weighted by Gasteiger charge is -2.20. The molecule has 4 aromatic carbocycles. The highest BCUT2D eigenvalue weighted by Gasteiger charge is 2.27. The highest BCUT2D eigenvalue weighted by Crippen LogP contribution is 2.44. The molecule has 0 saturated heterocycles. The van der Waals surface area contributed by atoms with Gasteiger partial charge in [0.1, 0.15) is 7.05 Å². The predicted octanol–water partition coefficient (Wildman–Crippen LogP) is 8.72. The maximum absolute atomic E-state index is 2.61. The Kier molecular flexibility index (Phi) is 4.93. The van der Waals surface area contributed by atoms with E-state index in [1.807, 2.05) is 0 Å². The molecule has 0 N–H and O–H groups in total. The Balaban J connectivity index is 1.77. The van der Waals surface area contributed by atoms with Gasteiger partial charge in [0.05, 0.1) is 35.4 Å². The summed E-state index contributed by atoms with van der Waals surface area (Å²) in [5, 5.41) is 11.1. The first-order valence-electron chi connectivity index (χ1n) is 14.3. The van der Waals surface area contributed by atoms with Crippen molar-refractivity contribution in [3.63, 3.8) is 0 Å². The Bertz CT molecular complexity index is 2130. The van der Waals surface area contributed by atoms with Crippen LogP contribution in [0.3, 0.4) is 0 Å². The molecular weight excluding hydrogens is 488 g/mol. The third kappa shape index (κ3) is 3.42. The summed E-state index contributed by atoms with van der Waals surface area (Å²) in [5.74, 6) is 0. The summed E-state index contributed by atoms with van der Waals surface area (Å²) in [6.45, 7) is 19.0. The van der Waals surface area contributed by atoms with Gasteiger partial charge in [0.2, 0.25) is 5.52 Å². The lowest BCUT2D eigenvalue weighted by Crippen LogP contribution is -2.37. The highest BCUT2D eigenvalue weighted by atomic mass is 28.3. The van der Waals surface area contributed by atoms with E-state index < -0.39 is 8.07 Å². The summed E-state index contributed by atoms with van der Waals surface area (Å²) >= 11 is 0. The Hall–Kier alpha value is -3.43. The lowest BCUT2D eigenvalue weighted by molar-refractivity contribution is -0.643. The smallest absolute Gasteiger partial charge is 0.224 e. The summed E-state index contributed by atoms with van der Waals surface area (Å²) in [7, 11) is 0.764. The minimum Gasteiger partial charge on any atom is -0.307 e. The van der Waals surface area contributed by atoms with Gasteiger partial charge in [-0.25, -0.2) is 4.57 Å². The fourth-order valence-corrected chi connectivity index (χ4v) is 8.26. The maximum Gasteiger partial charge on any atom is 0.224 e. The second-order valence-corrected chi connectivity index (χ2v) is 19.2. The van der Waals surface area contributed by atoms with E-state index in [4.69, 9.17) is 0 Å². The molecular formula is C36H39N2Si+. The number of benzene rings is 4. The van der Waals surface area contributed by atoms with Crippen molar-refractivity contribution in [2.75, 3.05) is 0 Å². The Morgan fingerprint density at radius 3 is 2.21 bits per heavy atom. The molecule has 3 heteroatoms. The summed E-state index contributed by atoms with van der Waals surface area (Å²) in [4.78, 5) is 0. The van der Waals surface area contributed by atoms with E-state index in [-0.39, 0.29) is 5.41 Å². The number of hydrogen-bond donors (Lipinski definition) is 0. The molecule has 0 fully saturated rings. The average Bonchev–Trinajstić information content (AvgIpc) is 3.20. The quantitative estimate of drug-likeness (QED) is 0.0919. The van der Waals surface area contributed by atoms with Gasteiger partial charge in [-0.05, 0) is 64.6 Å². The molecule has 2 nitrogen and oxygen atoms in total. The summed E-state index contributed by atoms with van der Waals surface area (Å²) in [6, 6.07) is 21.5. The summed E-state index contributed by atoms with van der Waals surface area (Å²) in [6.07, 6.45) is 3.32. The molecule has 196 valence electrons. The van der Waals surface area contributed by atoms with Crippen molar-refractivity contribution in [2.24, 2.45) is 12.5 Å². The molecule has 0 aliphatic carbocycles. The second kappa shape index (κ2) is 7.82. The van der Waals surface area contributed by atoms with E-state index in [9.17, 15) is 0 Å². The van der Waals surface area contributed by atoms with E-state index in [0.717, 1.165) is 6.42 Å². The van der Waals surface area contributed by atoms with Crippen molar-refractivity contribution >= 4 is 73.0 Å². The van der Waals surface area contributed by atoms with Crippen LogP contribution in [0.15, 0.2) is 60.8 Å². The normalized spacial score (nSPS) is 13.4. The Morgan fingerprint density at radius 2 is 1.49 bits per heavy atom. The van der Waals surface area contributed by atoms with Crippen molar-refractivity contribution < 1.29 is 4.57 Å². The zero-order valence-corrected chi connectivity index (χ0v) is 25.9. The third-order valence-corrected chi connectivity index (χ3v) is 11.0. The Morgan fingerprint density at radius 1 is 0.744 bits per heavy atom. The predicted molar refractivity (Wildman–Crippen MR) is 173 cm³/mol. The fourth-order valence-electron chi connectivity index (χ4n) is 7.10.